The number of halogens is 3. The van der Waals surface area contributed by atoms with Crippen molar-refractivity contribution in [1.82, 2.24) is 34.8 Å². The predicted molar refractivity (Wildman–Crippen MR) is 120 cm³/mol. The lowest BCUT2D eigenvalue weighted by atomic mass is 9.56. The average molecular weight is 506 g/mol. The third kappa shape index (κ3) is 3.47. The van der Waals surface area contributed by atoms with Gasteiger partial charge < -0.3 is 14.9 Å². The van der Waals surface area contributed by atoms with Gasteiger partial charge in [0.1, 0.15) is 17.1 Å². The molecule has 2 amide bonds. The first-order chi connectivity index (χ1) is 16.9. The number of aliphatic hydroxyl groups is 1. The van der Waals surface area contributed by atoms with E-state index in [1.807, 2.05) is 9.80 Å². The van der Waals surface area contributed by atoms with E-state index in [1.54, 1.807) is 0 Å². The minimum atomic E-state index is -4.38. The molecule has 2 aliphatic heterocycles. The largest absolute Gasteiger partial charge is 0.433 e. The number of carbonyl (C=O) groups is 1. The minimum absolute atomic E-state index is 0.107. The fourth-order valence-electron chi connectivity index (χ4n) is 7.20. The lowest BCUT2D eigenvalue weighted by Gasteiger charge is -2.63. The second kappa shape index (κ2) is 7.02. The number of rotatable bonds is 4. The maximum absolute atomic E-state index is 13.0. The topological polar surface area (TPSA) is 103 Å². The summed E-state index contributed by atoms with van der Waals surface area (Å²) in [5.41, 5.74) is -0.709. The molecule has 2 N–H and O–H groups in total. The highest BCUT2D eigenvalue weighted by molar-refractivity contribution is 5.77. The number of hydrogen-bond donors (Lipinski definition) is 2. The smallest absolute Gasteiger partial charge is 0.382 e. The van der Waals surface area contributed by atoms with Crippen molar-refractivity contribution in [1.29, 1.82) is 0 Å². The van der Waals surface area contributed by atoms with E-state index in [2.05, 4.69) is 20.3 Å². The highest BCUT2D eigenvalue weighted by Gasteiger charge is 2.59. The van der Waals surface area contributed by atoms with Crippen molar-refractivity contribution >= 4 is 6.03 Å². The van der Waals surface area contributed by atoms with Gasteiger partial charge in [0, 0.05) is 50.0 Å². The first kappa shape index (κ1) is 22.6. The van der Waals surface area contributed by atoms with Crippen molar-refractivity contribution in [2.24, 2.45) is 23.8 Å². The molecule has 2 spiro atoms. The van der Waals surface area contributed by atoms with Gasteiger partial charge in [-0.3, -0.25) is 9.78 Å². The summed E-state index contributed by atoms with van der Waals surface area (Å²) in [7, 11) is 1.33. The van der Waals surface area contributed by atoms with Crippen molar-refractivity contribution in [3.05, 3.63) is 29.1 Å². The quantitative estimate of drug-likeness (QED) is 0.665. The van der Waals surface area contributed by atoms with Crippen molar-refractivity contribution < 1.29 is 23.1 Å². The molecular weight excluding hydrogens is 475 g/mol. The summed E-state index contributed by atoms with van der Waals surface area (Å²) < 4.78 is 39.9. The van der Waals surface area contributed by atoms with Crippen LogP contribution in [0, 0.1) is 16.7 Å². The summed E-state index contributed by atoms with van der Waals surface area (Å²) in [5.74, 6) is 2.01. The number of nitrogens with zero attached hydrogens (tertiary/aromatic N) is 6. The number of urea groups is 1. The Morgan fingerprint density at radius 2 is 1.72 bits per heavy atom. The molecule has 3 saturated carbocycles. The predicted octanol–water partition coefficient (Wildman–Crippen LogP) is 2.79. The standard InChI is InChI=1S/C24H30F3N7O2/c1-32-17(24(25,26)27)5-16(31-32)4-14-6-21(7-14)10-33(11-21)20(35)34-12-22(13-34)8-15(9-22)18-28-19(30-29-18)23(36)2-3-23/h5,14-15,36H,2-4,6-13H2,1H3,(H,28,29,30). The molecule has 0 bridgehead atoms. The van der Waals surface area contributed by atoms with Crippen LogP contribution in [0.2, 0.25) is 0 Å². The SMILES string of the molecule is Cn1nc(CC2CC3(C2)CN(C(=O)N2CC4(CC(c5nc(C6(O)CC6)n[nH]5)C4)C2)C3)cc1C(F)(F)F. The molecular formula is C24H30F3N7O2. The van der Waals surface area contributed by atoms with Gasteiger partial charge in [-0.1, -0.05) is 0 Å². The highest BCUT2D eigenvalue weighted by Crippen LogP contribution is 2.57. The average Bonchev–Trinajstić information content (AvgIpc) is 3.09. The minimum Gasteiger partial charge on any atom is -0.382 e. The molecule has 36 heavy (non-hydrogen) atoms. The maximum Gasteiger partial charge on any atom is 0.433 e. The second-order valence-corrected chi connectivity index (χ2v) is 12.3. The number of hydrogen-bond acceptors (Lipinski definition) is 5. The van der Waals surface area contributed by atoms with Gasteiger partial charge in [0.05, 0.1) is 5.69 Å². The number of aryl methyl sites for hydroxylation is 1. The van der Waals surface area contributed by atoms with Gasteiger partial charge >= 0.3 is 12.2 Å². The van der Waals surface area contributed by atoms with E-state index >= 15 is 0 Å². The van der Waals surface area contributed by atoms with Gasteiger partial charge in [-0.2, -0.15) is 23.4 Å². The zero-order valence-electron chi connectivity index (χ0n) is 20.2. The molecule has 4 heterocycles. The second-order valence-electron chi connectivity index (χ2n) is 12.3. The van der Waals surface area contributed by atoms with Gasteiger partial charge in [0.25, 0.3) is 0 Å². The number of amides is 2. The molecule has 5 fully saturated rings. The Morgan fingerprint density at radius 3 is 2.28 bits per heavy atom. The van der Waals surface area contributed by atoms with Gasteiger partial charge in [0.2, 0.25) is 0 Å². The van der Waals surface area contributed by atoms with E-state index in [1.165, 1.54) is 7.05 Å². The van der Waals surface area contributed by atoms with Crippen LogP contribution in [-0.2, 0) is 25.2 Å². The van der Waals surface area contributed by atoms with Gasteiger partial charge in [0.15, 0.2) is 5.82 Å². The summed E-state index contributed by atoms with van der Waals surface area (Å²) in [4.78, 5) is 21.3. The third-order valence-corrected chi connectivity index (χ3v) is 9.20. The number of likely N-dealkylation sites (tertiary alicyclic amines) is 2. The molecule has 194 valence electrons. The monoisotopic (exact) mass is 505 g/mol. The van der Waals surface area contributed by atoms with Gasteiger partial charge in [-0.15, -0.1) is 0 Å². The fraction of sp³-hybridized carbons (Fsp3) is 0.750. The normalized spacial score (nSPS) is 25.9. The van der Waals surface area contributed by atoms with Crippen LogP contribution >= 0.6 is 0 Å². The van der Waals surface area contributed by atoms with Crippen LogP contribution in [-0.4, -0.2) is 72.1 Å². The van der Waals surface area contributed by atoms with Crippen molar-refractivity contribution in [2.45, 2.75) is 62.6 Å². The summed E-state index contributed by atoms with van der Waals surface area (Å²) in [6.45, 7) is 3.05. The number of nitrogens with one attached hydrogen (secondary N) is 1. The zero-order chi connectivity index (χ0) is 25.1. The molecule has 2 saturated heterocycles. The van der Waals surface area contributed by atoms with Crippen molar-refractivity contribution in [3.8, 4) is 0 Å². The molecule has 2 aromatic rings. The van der Waals surface area contributed by atoms with Crippen LogP contribution in [0.1, 0.15) is 67.5 Å². The van der Waals surface area contributed by atoms with Crippen LogP contribution in [0.25, 0.3) is 0 Å². The molecule has 5 aliphatic rings. The summed E-state index contributed by atoms with van der Waals surface area (Å²) in [6.07, 6.45) is 1.47. The lowest BCUT2D eigenvalue weighted by molar-refractivity contribution is -0.143. The van der Waals surface area contributed by atoms with Gasteiger partial charge in [-0.25, -0.2) is 9.78 Å². The van der Waals surface area contributed by atoms with Crippen molar-refractivity contribution in [3.63, 3.8) is 0 Å². The molecule has 0 radical (unpaired) electrons. The van der Waals surface area contributed by atoms with Crippen LogP contribution in [0.5, 0.6) is 0 Å². The van der Waals surface area contributed by atoms with Crippen LogP contribution in [0.3, 0.4) is 0 Å². The molecule has 0 unspecified atom stereocenters. The number of aromatic amines is 1. The zero-order valence-corrected chi connectivity index (χ0v) is 20.2. The number of H-pyrrole nitrogens is 1. The lowest BCUT2D eigenvalue weighted by Crippen LogP contribution is -2.70. The summed E-state index contributed by atoms with van der Waals surface area (Å²) >= 11 is 0. The third-order valence-electron chi connectivity index (χ3n) is 9.20. The van der Waals surface area contributed by atoms with E-state index < -0.39 is 17.5 Å². The maximum atomic E-state index is 13.0. The van der Waals surface area contributed by atoms with Crippen molar-refractivity contribution in [2.75, 3.05) is 26.2 Å². The van der Waals surface area contributed by atoms with E-state index in [-0.39, 0.29) is 16.9 Å². The van der Waals surface area contributed by atoms with Crippen LogP contribution in [0.15, 0.2) is 6.07 Å². The van der Waals surface area contributed by atoms with E-state index in [9.17, 15) is 23.1 Å². The molecule has 0 aromatic carbocycles. The van der Waals surface area contributed by atoms with Crippen LogP contribution in [0.4, 0.5) is 18.0 Å². The first-order valence-corrected chi connectivity index (χ1v) is 12.7. The Hall–Kier alpha value is -2.63. The number of alkyl halides is 3. The highest BCUT2D eigenvalue weighted by atomic mass is 19.4. The van der Waals surface area contributed by atoms with Gasteiger partial charge in [-0.05, 0) is 56.9 Å². The Kier molecular flexibility index (Phi) is 4.40. The number of carbonyl (C=O) groups excluding carboxylic acids is 1. The fourth-order valence-corrected chi connectivity index (χ4v) is 7.20. The molecule has 7 rings (SSSR count). The summed E-state index contributed by atoms with van der Waals surface area (Å²) in [5, 5.41) is 21.4. The molecule has 0 atom stereocenters. The van der Waals surface area contributed by atoms with E-state index in [0.29, 0.717) is 29.8 Å². The Balaban J connectivity index is 0.851. The summed E-state index contributed by atoms with van der Waals surface area (Å²) in [6, 6.07) is 1.26. The molecule has 3 aliphatic carbocycles. The molecule has 12 heteroatoms. The van der Waals surface area contributed by atoms with E-state index in [0.717, 1.165) is 81.3 Å². The Labute approximate surface area is 206 Å². The Bertz CT molecular complexity index is 1200. The molecule has 9 nitrogen and oxygen atoms in total. The van der Waals surface area contributed by atoms with E-state index in [4.69, 9.17) is 0 Å². The van der Waals surface area contributed by atoms with Crippen LogP contribution < -0.4 is 0 Å². The Morgan fingerprint density at radius 1 is 1.11 bits per heavy atom. The molecule has 2 aromatic heterocycles. The first-order valence-electron chi connectivity index (χ1n) is 12.7. The number of aromatic nitrogens is 5.